The van der Waals surface area contributed by atoms with Crippen molar-refractivity contribution in [1.82, 2.24) is 15.1 Å². The van der Waals surface area contributed by atoms with Crippen molar-refractivity contribution in [3.8, 4) is 5.88 Å². The molecule has 0 spiro atoms. The molecular weight excluding hydrogens is 214 g/mol. The summed E-state index contributed by atoms with van der Waals surface area (Å²) in [6.07, 6.45) is 2.36. The number of methoxy groups -OCH3 is 1. The first-order valence-corrected chi connectivity index (χ1v) is 6.32. The monoisotopic (exact) mass is 235 g/mol. The Morgan fingerprint density at radius 1 is 1.24 bits per heavy atom. The first-order chi connectivity index (χ1) is 8.20. The van der Waals surface area contributed by atoms with Crippen LogP contribution in [0.5, 0.6) is 5.88 Å². The molecule has 0 bridgehead atoms. The lowest BCUT2D eigenvalue weighted by molar-refractivity contribution is 0.170. The lowest BCUT2D eigenvalue weighted by Gasteiger charge is -2.34. The zero-order valence-electron chi connectivity index (χ0n) is 10.9. The van der Waals surface area contributed by atoms with Crippen LogP contribution in [0.25, 0.3) is 0 Å². The highest BCUT2D eigenvalue weighted by Gasteiger charge is 2.23. The number of ether oxygens (including phenoxy) is 1. The molecule has 2 heterocycles. The van der Waals surface area contributed by atoms with Gasteiger partial charge in [0.05, 0.1) is 12.8 Å². The van der Waals surface area contributed by atoms with E-state index in [1.54, 1.807) is 7.11 Å². The molecule has 94 valence electrons. The van der Waals surface area contributed by atoms with Gasteiger partial charge < -0.3 is 9.64 Å². The lowest BCUT2D eigenvalue weighted by atomic mass is 9.93. The van der Waals surface area contributed by atoms with Crippen molar-refractivity contribution < 1.29 is 4.74 Å². The molecule has 1 fully saturated rings. The van der Waals surface area contributed by atoms with Gasteiger partial charge in [0.2, 0.25) is 5.88 Å². The summed E-state index contributed by atoms with van der Waals surface area (Å²) in [4.78, 5) is 2.52. The SMILES string of the molecule is COc1ccc(C2CCN(C(C)C)CC2)nn1. The maximum Gasteiger partial charge on any atom is 0.233 e. The summed E-state index contributed by atoms with van der Waals surface area (Å²) in [5.74, 6) is 1.15. The van der Waals surface area contributed by atoms with Gasteiger partial charge in [0, 0.05) is 18.0 Å². The predicted molar refractivity (Wildman–Crippen MR) is 67.3 cm³/mol. The molecule has 0 aliphatic carbocycles. The van der Waals surface area contributed by atoms with E-state index < -0.39 is 0 Å². The first kappa shape index (κ1) is 12.3. The number of aromatic nitrogens is 2. The number of piperidine rings is 1. The molecule has 0 amide bonds. The van der Waals surface area contributed by atoms with Gasteiger partial charge in [-0.3, -0.25) is 0 Å². The molecule has 4 heteroatoms. The minimum Gasteiger partial charge on any atom is -0.480 e. The van der Waals surface area contributed by atoms with Crippen LogP contribution in [0.1, 0.15) is 38.3 Å². The van der Waals surface area contributed by atoms with Gasteiger partial charge in [-0.2, -0.15) is 5.10 Å². The Bertz CT molecular complexity index is 342. The van der Waals surface area contributed by atoms with E-state index in [1.807, 2.05) is 12.1 Å². The second-order valence-electron chi connectivity index (χ2n) is 4.90. The van der Waals surface area contributed by atoms with Gasteiger partial charge in [-0.25, -0.2) is 0 Å². The molecule has 4 nitrogen and oxygen atoms in total. The number of nitrogens with zero attached hydrogens (tertiary/aromatic N) is 3. The second kappa shape index (κ2) is 5.45. The van der Waals surface area contributed by atoms with Crippen LogP contribution in [-0.2, 0) is 0 Å². The number of likely N-dealkylation sites (tertiary alicyclic amines) is 1. The number of hydrogen-bond acceptors (Lipinski definition) is 4. The minimum absolute atomic E-state index is 0.559. The highest BCUT2D eigenvalue weighted by Crippen LogP contribution is 2.27. The lowest BCUT2D eigenvalue weighted by Crippen LogP contribution is -2.38. The standard InChI is InChI=1S/C13H21N3O/c1-10(2)16-8-6-11(7-9-16)12-4-5-13(17-3)15-14-12/h4-5,10-11H,6-9H2,1-3H3. The van der Waals surface area contributed by atoms with Gasteiger partial charge in [0.25, 0.3) is 0 Å². The number of rotatable bonds is 3. The Morgan fingerprint density at radius 3 is 2.41 bits per heavy atom. The Kier molecular flexibility index (Phi) is 3.94. The summed E-state index contributed by atoms with van der Waals surface area (Å²) in [7, 11) is 1.62. The van der Waals surface area contributed by atoms with E-state index in [0.29, 0.717) is 17.8 Å². The maximum atomic E-state index is 5.02. The van der Waals surface area contributed by atoms with Crippen LogP contribution in [0.2, 0.25) is 0 Å². The topological polar surface area (TPSA) is 38.2 Å². The molecule has 17 heavy (non-hydrogen) atoms. The minimum atomic E-state index is 0.559. The molecule has 1 aromatic heterocycles. The molecule has 1 aromatic rings. The summed E-state index contributed by atoms with van der Waals surface area (Å²) in [6.45, 7) is 6.84. The molecular formula is C13H21N3O. The van der Waals surface area contributed by atoms with E-state index in [2.05, 4.69) is 28.9 Å². The third-order valence-electron chi connectivity index (χ3n) is 3.55. The van der Waals surface area contributed by atoms with Crippen molar-refractivity contribution in [2.45, 2.75) is 38.6 Å². The molecule has 1 aliphatic rings. The van der Waals surface area contributed by atoms with E-state index in [-0.39, 0.29) is 0 Å². The normalized spacial score (nSPS) is 18.6. The molecule has 0 atom stereocenters. The molecule has 0 N–H and O–H groups in total. The molecule has 2 rings (SSSR count). The second-order valence-corrected chi connectivity index (χ2v) is 4.90. The van der Waals surface area contributed by atoms with Crippen LogP contribution >= 0.6 is 0 Å². The fraction of sp³-hybridized carbons (Fsp3) is 0.692. The van der Waals surface area contributed by atoms with Crippen LogP contribution in [0.4, 0.5) is 0 Å². The largest absolute Gasteiger partial charge is 0.480 e. The highest BCUT2D eigenvalue weighted by molar-refractivity contribution is 5.15. The molecule has 1 saturated heterocycles. The third-order valence-corrected chi connectivity index (χ3v) is 3.55. The predicted octanol–water partition coefficient (Wildman–Crippen LogP) is 2.07. The van der Waals surface area contributed by atoms with Crippen molar-refractivity contribution >= 4 is 0 Å². The molecule has 0 radical (unpaired) electrons. The molecule has 0 aromatic carbocycles. The molecule has 1 aliphatic heterocycles. The van der Waals surface area contributed by atoms with Gasteiger partial charge in [0.15, 0.2) is 0 Å². The molecule has 0 saturated carbocycles. The van der Waals surface area contributed by atoms with Crippen LogP contribution < -0.4 is 4.74 Å². The fourth-order valence-corrected chi connectivity index (χ4v) is 2.37. The quantitative estimate of drug-likeness (QED) is 0.804. The van der Waals surface area contributed by atoms with Gasteiger partial charge >= 0.3 is 0 Å². The van der Waals surface area contributed by atoms with Crippen LogP contribution in [0.15, 0.2) is 12.1 Å². The Hall–Kier alpha value is -1.16. The third kappa shape index (κ3) is 2.94. The van der Waals surface area contributed by atoms with Crippen molar-refractivity contribution in [2.24, 2.45) is 0 Å². The smallest absolute Gasteiger partial charge is 0.233 e. The van der Waals surface area contributed by atoms with Gasteiger partial charge in [0.1, 0.15) is 0 Å². The van der Waals surface area contributed by atoms with Crippen LogP contribution in [0.3, 0.4) is 0 Å². The van der Waals surface area contributed by atoms with Gasteiger partial charge in [-0.15, -0.1) is 5.10 Å². The Balaban J connectivity index is 1.95. The summed E-state index contributed by atoms with van der Waals surface area (Å²) >= 11 is 0. The Labute approximate surface area is 103 Å². The van der Waals surface area contributed by atoms with E-state index >= 15 is 0 Å². The van der Waals surface area contributed by atoms with Gasteiger partial charge in [-0.1, -0.05) is 0 Å². The summed E-state index contributed by atoms with van der Waals surface area (Å²) in [5, 5.41) is 8.29. The summed E-state index contributed by atoms with van der Waals surface area (Å²) < 4.78 is 5.02. The van der Waals surface area contributed by atoms with E-state index in [1.165, 1.54) is 12.8 Å². The first-order valence-electron chi connectivity index (χ1n) is 6.32. The zero-order chi connectivity index (χ0) is 12.3. The van der Waals surface area contributed by atoms with Crippen LogP contribution in [-0.4, -0.2) is 41.3 Å². The van der Waals surface area contributed by atoms with Crippen molar-refractivity contribution in [3.05, 3.63) is 17.8 Å². The van der Waals surface area contributed by atoms with E-state index in [0.717, 1.165) is 18.8 Å². The van der Waals surface area contributed by atoms with Gasteiger partial charge in [-0.05, 0) is 45.8 Å². The van der Waals surface area contributed by atoms with E-state index in [9.17, 15) is 0 Å². The van der Waals surface area contributed by atoms with E-state index in [4.69, 9.17) is 4.74 Å². The Morgan fingerprint density at radius 2 is 1.94 bits per heavy atom. The maximum absolute atomic E-state index is 5.02. The van der Waals surface area contributed by atoms with Crippen molar-refractivity contribution in [1.29, 1.82) is 0 Å². The highest BCUT2D eigenvalue weighted by atomic mass is 16.5. The zero-order valence-corrected chi connectivity index (χ0v) is 10.9. The average molecular weight is 235 g/mol. The van der Waals surface area contributed by atoms with Crippen LogP contribution in [0, 0.1) is 0 Å². The fourth-order valence-electron chi connectivity index (χ4n) is 2.37. The molecule has 0 unspecified atom stereocenters. The average Bonchev–Trinajstić information content (AvgIpc) is 2.39. The number of hydrogen-bond donors (Lipinski definition) is 0. The summed E-state index contributed by atoms with van der Waals surface area (Å²) in [6, 6.07) is 4.59. The van der Waals surface area contributed by atoms with Crippen molar-refractivity contribution in [3.63, 3.8) is 0 Å². The summed E-state index contributed by atoms with van der Waals surface area (Å²) in [5.41, 5.74) is 1.11. The van der Waals surface area contributed by atoms with Crippen molar-refractivity contribution in [2.75, 3.05) is 20.2 Å².